The Hall–Kier alpha value is -2.20. The molecular weight excluding hydrogens is 352 g/mol. The van der Waals surface area contributed by atoms with Crippen LogP contribution in [0.2, 0.25) is 0 Å². The Kier molecular flexibility index (Phi) is 5.05. The van der Waals surface area contributed by atoms with E-state index in [1.807, 2.05) is 20.8 Å². The van der Waals surface area contributed by atoms with Crippen molar-refractivity contribution in [3.8, 4) is 0 Å². The van der Waals surface area contributed by atoms with Gasteiger partial charge < -0.3 is 10.0 Å². The summed E-state index contributed by atoms with van der Waals surface area (Å²) in [5, 5.41) is 20.0. The molecule has 1 heterocycles. The molecule has 2 atom stereocenters. The van der Waals surface area contributed by atoms with Crippen LogP contribution in [0.4, 0.5) is 10.5 Å². The molecule has 1 saturated heterocycles. The summed E-state index contributed by atoms with van der Waals surface area (Å²) in [6.45, 7) is 5.62. The number of likely N-dealkylation sites (tertiary alicyclic amines) is 1. The summed E-state index contributed by atoms with van der Waals surface area (Å²) in [5.41, 5.74) is -0.755. The van der Waals surface area contributed by atoms with Crippen LogP contribution in [-0.4, -0.2) is 48.1 Å². The molecule has 1 amide bonds. The highest BCUT2D eigenvalue weighted by Gasteiger charge is 2.46. The van der Waals surface area contributed by atoms with Crippen molar-refractivity contribution in [1.82, 2.24) is 4.90 Å². The number of rotatable bonds is 4. The van der Waals surface area contributed by atoms with Gasteiger partial charge >= 0.3 is 6.09 Å². The summed E-state index contributed by atoms with van der Waals surface area (Å²) in [7, 11) is -4.17. The maximum Gasteiger partial charge on any atom is 0.407 e. The van der Waals surface area contributed by atoms with Gasteiger partial charge in [-0.1, -0.05) is 20.8 Å². The molecule has 1 fully saturated rings. The van der Waals surface area contributed by atoms with Crippen LogP contribution >= 0.6 is 0 Å². The zero-order chi connectivity index (χ0) is 19.0. The van der Waals surface area contributed by atoms with Gasteiger partial charge in [-0.15, -0.1) is 0 Å². The highest BCUT2D eigenvalue weighted by molar-refractivity contribution is 7.86. The molecule has 1 unspecified atom stereocenters. The first kappa shape index (κ1) is 19.1. The zero-order valence-corrected chi connectivity index (χ0v) is 14.9. The van der Waals surface area contributed by atoms with Crippen molar-refractivity contribution in [3.63, 3.8) is 0 Å². The number of carboxylic acid groups (broad SMARTS) is 1. The largest absolute Gasteiger partial charge is 0.465 e. The molecule has 1 aliphatic rings. The highest BCUT2D eigenvalue weighted by Crippen LogP contribution is 2.36. The van der Waals surface area contributed by atoms with Crippen LogP contribution in [0.3, 0.4) is 0 Å². The van der Waals surface area contributed by atoms with Gasteiger partial charge in [-0.05, 0) is 24.0 Å². The molecule has 0 aromatic heterocycles. The van der Waals surface area contributed by atoms with Crippen molar-refractivity contribution in [1.29, 1.82) is 0 Å². The van der Waals surface area contributed by atoms with E-state index in [9.17, 15) is 28.4 Å². The van der Waals surface area contributed by atoms with E-state index in [0.29, 0.717) is 0 Å². The van der Waals surface area contributed by atoms with Crippen molar-refractivity contribution < 1.29 is 27.4 Å². The lowest BCUT2D eigenvalue weighted by molar-refractivity contribution is -0.384. The molecule has 0 spiro atoms. The Morgan fingerprint density at radius 1 is 1.32 bits per heavy atom. The SMILES string of the molecule is CC(C)(C)C1[C@H](OS(=O)(=O)c2ccc([N+](=O)[O-])cc2)CCN1C(=O)O. The van der Waals surface area contributed by atoms with Gasteiger partial charge in [-0.3, -0.25) is 14.3 Å². The fourth-order valence-corrected chi connectivity index (χ4v) is 4.16. The Labute approximate surface area is 145 Å². The van der Waals surface area contributed by atoms with Gasteiger partial charge in [0.05, 0.1) is 15.9 Å². The highest BCUT2D eigenvalue weighted by atomic mass is 32.2. The van der Waals surface area contributed by atoms with Crippen LogP contribution in [0, 0.1) is 15.5 Å². The van der Waals surface area contributed by atoms with Gasteiger partial charge in [0, 0.05) is 18.7 Å². The molecule has 1 aliphatic heterocycles. The summed E-state index contributed by atoms with van der Waals surface area (Å²) in [6, 6.07) is 3.73. The first-order valence-electron chi connectivity index (χ1n) is 7.61. The molecular formula is C15H20N2O7S. The molecule has 0 bridgehead atoms. The van der Waals surface area contributed by atoms with Gasteiger partial charge in [0.1, 0.15) is 6.10 Å². The van der Waals surface area contributed by atoms with E-state index < -0.39 is 38.7 Å². The van der Waals surface area contributed by atoms with Crippen molar-refractivity contribution in [3.05, 3.63) is 34.4 Å². The maximum atomic E-state index is 12.5. The third-order valence-electron chi connectivity index (χ3n) is 4.06. The van der Waals surface area contributed by atoms with E-state index in [-0.39, 0.29) is 23.5 Å². The molecule has 1 N–H and O–H groups in total. The van der Waals surface area contributed by atoms with Gasteiger partial charge in [-0.25, -0.2) is 4.79 Å². The van der Waals surface area contributed by atoms with Crippen LogP contribution in [-0.2, 0) is 14.3 Å². The third kappa shape index (κ3) is 4.07. The van der Waals surface area contributed by atoms with Gasteiger partial charge in [0.2, 0.25) is 0 Å². The lowest BCUT2D eigenvalue weighted by Crippen LogP contribution is -2.48. The minimum atomic E-state index is -4.17. The number of nitro benzene ring substituents is 1. The summed E-state index contributed by atoms with van der Waals surface area (Å²) in [6.07, 6.45) is -1.70. The minimum absolute atomic E-state index is 0.178. The number of hydrogen-bond acceptors (Lipinski definition) is 6. The second kappa shape index (κ2) is 6.60. The fraction of sp³-hybridized carbons (Fsp3) is 0.533. The lowest BCUT2D eigenvalue weighted by atomic mass is 9.84. The second-order valence-electron chi connectivity index (χ2n) is 6.92. The Balaban J connectivity index is 2.27. The second-order valence-corrected chi connectivity index (χ2v) is 8.49. The Morgan fingerprint density at radius 3 is 2.32 bits per heavy atom. The summed E-state index contributed by atoms with van der Waals surface area (Å²) < 4.78 is 30.2. The molecule has 0 radical (unpaired) electrons. The van der Waals surface area contributed by atoms with Gasteiger partial charge in [0.25, 0.3) is 15.8 Å². The predicted octanol–water partition coefficient (Wildman–Crippen LogP) is 2.47. The minimum Gasteiger partial charge on any atom is -0.465 e. The zero-order valence-electron chi connectivity index (χ0n) is 14.1. The molecule has 138 valence electrons. The van der Waals surface area contributed by atoms with E-state index in [1.54, 1.807) is 0 Å². The maximum absolute atomic E-state index is 12.5. The van der Waals surface area contributed by atoms with Crippen molar-refractivity contribution in [2.24, 2.45) is 5.41 Å². The molecule has 0 aliphatic carbocycles. The number of nitrogens with zero attached hydrogens (tertiary/aromatic N) is 2. The van der Waals surface area contributed by atoms with Crippen LogP contribution in [0.5, 0.6) is 0 Å². The molecule has 9 nitrogen and oxygen atoms in total. The predicted molar refractivity (Wildman–Crippen MR) is 87.7 cm³/mol. The van der Waals surface area contributed by atoms with Crippen LogP contribution < -0.4 is 0 Å². The number of benzene rings is 1. The number of amides is 1. The smallest absolute Gasteiger partial charge is 0.407 e. The molecule has 10 heteroatoms. The summed E-state index contributed by atoms with van der Waals surface area (Å²) in [5.74, 6) is 0. The average molecular weight is 372 g/mol. The Bertz CT molecular complexity index is 768. The molecule has 2 rings (SSSR count). The van der Waals surface area contributed by atoms with Crippen molar-refractivity contribution >= 4 is 21.9 Å². The average Bonchev–Trinajstić information content (AvgIpc) is 2.90. The molecule has 0 saturated carbocycles. The fourth-order valence-electron chi connectivity index (χ4n) is 3.06. The summed E-state index contributed by atoms with van der Waals surface area (Å²) in [4.78, 5) is 22.4. The Morgan fingerprint density at radius 2 is 1.88 bits per heavy atom. The number of carbonyl (C=O) groups is 1. The third-order valence-corrected chi connectivity index (χ3v) is 5.41. The number of hydrogen-bond donors (Lipinski definition) is 1. The van der Waals surface area contributed by atoms with Crippen LogP contribution in [0.15, 0.2) is 29.2 Å². The standard InChI is InChI=1S/C15H20N2O7S/c1-15(2,3)13-12(8-9-16(13)14(18)19)24-25(22,23)11-6-4-10(5-7-11)17(20)21/h4-7,12-13H,8-9H2,1-3H3,(H,18,19)/t12-,13?/m1/s1. The van der Waals surface area contributed by atoms with E-state index >= 15 is 0 Å². The van der Waals surface area contributed by atoms with Crippen molar-refractivity contribution in [2.75, 3.05) is 6.54 Å². The molecule has 1 aromatic carbocycles. The number of nitro groups is 1. The van der Waals surface area contributed by atoms with Gasteiger partial charge in [0.15, 0.2) is 0 Å². The molecule has 1 aromatic rings. The monoisotopic (exact) mass is 372 g/mol. The lowest BCUT2D eigenvalue weighted by Gasteiger charge is -2.36. The van der Waals surface area contributed by atoms with Crippen molar-refractivity contribution in [2.45, 2.75) is 44.2 Å². The normalized spacial score (nSPS) is 21.3. The molecule has 25 heavy (non-hydrogen) atoms. The topological polar surface area (TPSA) is 127 Å². The van der Waals surface area contributed by atoms with E-state index in [4.69, 9.17) is 4.18 Å². The van der Waals surface area contributed by atoms with Crippen LogP contribution in [0.25, 0.3) is 0 Å². The van der Waals surface area contributed by atoms with E-state index in [2.05, 4.69) is 0 Å². The van der Waals surface area contributed by atoms with E-state index in [1.165, 1.54) is 4.90 Å². The van der Waals surface area contributed by atoms with Crippen LogP contribution in [0.1, 0.15) is 27.2 Å². The quantitative estimate of drug-likeness (QED) is 0.488. The number of non-ortho nitro benzene ring substituents is 1. The van der Waals surface area contributed by atoms with Gasteiger partial charge in [-0.2, -0.15) is 8.42 Å². The van der Waals surface area contributed by atoms with E-state index in [0.717, 1.165) is 24.3 Å². The first-order valence-corrected chi connectivity index (χ1v) is 9.01. The first-order chi connectivity index (χ1) is 11.4. The summed E-state index contributed by atoms with van der Waals surface area (Å²) >= 11 is 0.